The molecule has 94 valence electrons. The zero-order valence-corrected chi connectivity index (χ0v) is 10.7. The summed E-state index contributed by atoms with van der Waals surface area (Å²) in [5.41, 5.74) is 1.32. The summed E-state index contributed by atoms with van der Waals surface area (Å²) in [7, 11) is 0. The van der Waals surface area contributed by atoms with Crippen molar-refractivity contribution in [2.45, 2.75) is 26.7 Å². The van der Waals surface area contributed by atoms with E-state index in [0.717, 1.165) is 43.3 Å². The van der Waals surface area contributed by atoms with Crippen molar-refractivity contribution in [2.24, 2.45) is 5.92 Å². The third-order valence-corrected chi connectivity index (χ3v) is 2.81. The van der Waals surface area contributed by atoms with E-state index in [2.05, 4.69) is 31.3 Å². The molecule has 0 unspecified atom stereocenters. The largest absolute Gasteiger partial charge is 0.454 e. The monoisotopic (exact) mass is 235 g/mol. The van der Waals surface area contributed by atoms with E-state index in [1.54, 1.807) is 0 Å². The third-order valence-electron chi connectivity index (χ3n) is 2.81. The van der Waals surface area contributed by atoms with Crippen LogP contribution in [0.4, 0.5) is 0 Å². The number of benzene rings is 1. The van der Waals surface area contributed by atoms with Gasteiger partial charge in [0.15, 0.2) is 11.5 Å². The Morgan fingerprint density at radius 1 is 1.24 bits per heavy atom. The fourth-order valence-corrected chi connectivity index (χ4v) is 1.90. The lowest BCUT2D eigenvalue weighted by atomic mass is 10.1. The van der Waals surface area contributed by atoms with Crippen molar-refractivity contribution >= 4 is 0 Å². The predicted molar refractivity (Wildman–Crippen MR) is 68.6 cm³/mol. The summed E-state index contributed by atoms with van der Waals surface area (Å²) in [5, 5.41) is 3.45. The maximum absolute atomic E-state index is 5.36. The normalized spacial score (nSPS) is 13.4. The van der Waals surface area contributed by atoms with Gasteiger partial charge in [-0.3, -0.25) is 0 Å². The molecule has 3 heteroatoms. The van der Waals surface area contributed by atoms with Gasteiger partial charge in [0.25, 0.3) is 0 Å². The molecule has 0 aliphatic carbocycles. The van der Waals surface area contributed by atoms with Crippen molar-refractivity contribution in [3.63, 3.8) is 0 Å². The second-order valence-electron chi connectivity index (χ2n) is 4.89. The Kier molecular flexibility index (Phi) is 4.26. The highest BCUT2D eigenvalue weighted by Crippen LogP contribution is 2.32. The first kappa shape index (κ1) is 12.2. The van der Waals surface area contributed by atoms with Gasteiger partial charge in [-0.25, -0.2) is 0 Å². The van der Waals surface area contributed by atoms with E-state index in [4.69, 9.17) is 9.47 Å². The van der Waals surface area contributed by atoms with Gasteiger partial charge in [0.1, 0.15) is 0 Å². The Morgan fingerprint density at radius 3 is 2.88 bits per heavy atom. The maximum atomic E-state index is 5.36. The van der Waals surface area contributed by atoms with Crippen LogP contribution < -0.4 is 14.8 Å². The van der Waals surface area contributed by atoms with Crippen molar-refractivity contribution in [1.29, 1.82) is 0 Å². The van der Waals surface area contributed by atoms with Crippen LogP contribution in [-0.4, -0.2) is 19.9 Å². The van der Waals surface area contributed by atoms with Crippen LogP contribution in [0.3, 0.4) is 0 Å². The Morgan fingerprint density at radius 2 is 2.06 bits per heavy atom. The number of nitrogens with one attached hydrogen (secondary N) is 1. The molecule has 0 aromatic heterocycles. The Bertz CT molecular complexity index is 363. The van der Waals surface area contributed by atoms with Crippen LogP contribution in [0.25, 0.3) is 0 Å². The van der Waals surface area contributed by atoms with Crippen LogP contribution in [0.5, 0.6) is 11.5 Å². The highest BCUT2D eigenvalue weighted by Gasteiger charge is 2.12. The van der Waals surface area contributed by atoms with Gasteiger partial charge in [-0.15, -0.1) is 0 Å². The summed E-state index contributed by atoms with van der Waals surface area (Å²) in [6.07, 6.45) is 2.24. The molecule has 0 amide bonds. The highest BCUT2D eigenvalue weighted by molar-refractivity contribution is 5.44. The van der Waals surface area contributed by atoms with Gasteiger partial charge in [0.2, 0.25) is 6.79 Å². The Hall–Kier alpha value is -1.22. The third kappa shape index (κ3) is 3.63. The minimum absolute atomic E-state index is 0.356. The minimum Gasteiger partial charge on any atom is -0.454 e. The van der Waals surface area contributed by atoms with Gasteiger partial charge in [-0.1, -0.05) is 19.9 Å². The molecule has 1 aromatic rings. The SMILES string of the molecule is CC(C)CNCCCc1ccc2c(c1)OCO2. The first-order valence-corrected chi connectivity index (χ1v) is 6.35. The van der Waals surface area contributed by atoms with E-state index in [9.17, 15) is 0 Å². The fraction of sp³-hybridized carbons (Fsp3) is 0.571. The van der Waals surface area contributed by atoms with Crippen molar-refractivity contribution in [1.82, 2.24) is 5.32 Å². The molecule has 0 fully saturated rings. The molecule has 17 heavy (non-hydrogen) atoms. The average molecular weight is 235 g/mol. The lowest BCUT2D eigenvalue weighted by Gasteiger charge is -2.07. The van der Waals surface area contributed by atoms with Crippen molar-refractivity contribution in [3.8, 4) is 11.5 Å². The van der Waals surface area contributed by atoms with Crippen LogP contribution in [0, 0.1) is 5.92 Å². The van der Waals surface area contributed by atoms with Gasteiger partial charge < -0.3 is 14.8 Å². The van der Waals surface area contributed by atoms with E-state index in [0.29, 0.717) is 6.79 Å². The van der Waals surface area contributed by atoms with Crippen LogP contribution >= 0.6 is 0 Å². The summed E-state index contributed by atoms with van der Waals surface area (Å²) in [4.78, 5) is 0. The number of hydrogen-bond donors (Lipinski definition) is 1. The number of ether oxygens (including phenoxy) is 2. The molecule has 0 spiro atoms. The Labute approximate surface area is 103 Å². The van der Waals surface area contributed by atoms with E-state index in [1.807, 2.05) is 6.07 Å². The molecule has 0 atom stereocenters. The average Bonchev–Trinajstić information content (AvgIpc) is 2.75. The first-order chi connectivity index (χ1) is 8.25. The molecular weight excluding hydrogens is 214 g/mol. The predicted octanol–water partition coefficient (Wildman–Crippen LogP) is 2.59. The van der Waals surface area contributed by atoms with E-state index < -0.39 is 0 Å². The summed E-state index contributed by atoms with van der Waals surface area (Å²) in [5.74, 6) is 2.48. The fourth-order valence-electron chi connectivity index (χ4n) is 1.90. The van der Waals surface area contributed by atoms with Crippen LogP contribution in [0.2, 0.25) is 0 Å². The summed E-state index contributed by atoms with van der Waals surface area (Å²) in [6, 6.07) is 6.21. The molecule has 1 aromatic carbocycles. The van der Waals surface area contributed by atoms with Gasteiger partial charge in [0, 0.05) is 0 Å². The van der Waals surface area contributed by atoms with E-state index in [-0.39, 0.29) is 0 Å². The molecule has 0 bridgehead atoms. The van der Waals surface area contributed by atoms with Gasteiger partial charge in [-0.05, 0) is 49.5 Å². The molecule has 0 saturated carbocycles. The van der Waals surface area contributed by atoms with Gasteiger partial charge in [-0.2, -0.15) is 0 Å². The van der Waals surface area contributed by atoms with Crippen LogP contribution in [0.1, 0.15) is 25.8 Å². The first-order valence-electron chi connectivity index (χ1n) is 6.35. The molecule has 1 N–H and O–H groups in total. The number of rotatable bonds is 6. The van der Waals surface area contributed by atoms with Gasteiger partial charge >= 0.3 is 0 Å². The lowest BCUT2D eigenvalue weighted by molar-refractivity contribution is 0.174. The lowest BCUT2D eigenvalue weighted by Crippen LogP contribution is -2.21. The van der Waals surface area contributed by atoms with Crippen LogP contribution in [0.15, 0.2) is 18.2 Å². The number of aryl methyl sites for hydroxylation is 1. The van der Waals surface area contributed by atoms with Gasteiger partial charge in [0.05, 0.1) is 0 Å². The number of hydrogen-bond acceptors (Lipinski definition) is 3. The minimum atomic E-state index is 0.356. The molecule has 1 aliphatic rings. The summed E-state index contributed by atoms with van der Waals surface area (Å²) >= 11 is 0. The second-order valence-corrected chi connectivity index (χ2v) is 4.89. The zero-order valence-electron chi connectivity index (χ0n) is 10.7. The van der Waals surface area contributed by atoms with Crippen molar-refractivity contribution in [3.05, 3.63) is 23.8 Å². The molecular formula is C14H21NO2. The summed E-state index contributed by atoms with van der Waals surface area (Å²) < 4.78 is 10.6. The van der Waals surface area contributed by atoms with E-state index in [1.165, 1.54) is 5.56 Å². The Balaban J connectivity index is 1.72. The number of fused-ring (bicyclic) bond motifs is 1. The summed E-state index contributed by atoms with van der Waals surface area (Å²) in [6.45, 7) is 6.98. The molecule has 2 rings (SSSR count). The highest BCUT2D eigenvalue weighted by atomic mass is 16.7. The quantitative estimate of drug-likeness (QED) is 0.769. The molecule has 1 aliphatic heterocycles. The second kappa shape index (κ2) is 5.92. The van der Waals surface area contributed by atoms with Crippen molar-refractivity contribution in [2.75, 3.05) is 19.9 Å². The van der Waals surface area contributed by atoms with Crippen LogP contribution in [-0.2, 0) is 6.42 Å². The molecule has 1 heterocycles. The van der Waals surface area contributed by atoms with Crippen molar-refractivity contribution < 1.29 is 9.47 Å². The molecule has 3 nitrogen and oxygen atoms in total. The zero-order chi connectivity index (χ0) is 12.1. The topological polar surface area (TPSA) is 30.5 Å². The smallest absolute Gasteiger partial charge is 0.231 e. The molecule has 0 radical (unpaired) electrons. The van der Waals surface area contributed by atoms with E-state index >= 15 is 0 Å². The maximum Gasteiger partial charge on any atom is 0.231 e. The molecule has 0 saturated heterocycles. The standard InChI is InChI=1S/C14H21NO2/c1-11(2)9-15-7-3-4-12-5-6-13-14(8-12)17-10-16-13/h5-6,8,11,15H,3-4,7,9-10H2,1-2H3.